The molecule has 0 aromatic heterocycles. The lowest BCUT2D eigenvalue weighted by Gasteiger charge is -2.07. The van der Waals surface area contributed by atoms with Crippen LogP contribution in [0.15, 0.2) is 29.2 Å². The molecule has 0 saturated carbocycles. The molecule has 0 aliphatic heterocycles. The molecule has 0 aliphatic rings. The fourth-order valence-corrected chi connectivity index (χ4v) is 3.47. The Morgan fingerprint density at radius 2 is 1.58 bits per heavy atom. The molecular weight excluding hydrogens is 356 g/mol. The van der Waals surface area contributed by atoms with Crippen LogP contribution in [0.2, 0.25) is 0 Å². The van der Waals surface area contributed by atoms with Gasteiger partial charge in [0, 0.05) is 31.8 Å². The summed E-state index contributed by atoms with van der Waals surface area (Å²) in [5.41, 5.74) is 0.472. The largest absolute Gasteiger partial charge is 0.355 e. The van der Waals surface area contributed by atoms with Gasteiger partial charge in [-0.3, -0.25) is 9.59 Å². The average Bonchev–Trinajstić information content (AvgIpc) is 2.44. The molecule has 0 saturated heterocycles. The van der Waals surface area contributed by atoms with Crippen molar-refractivity contribution >= 4 is 37.2 Å². The van der Waals surface area contributed by atoms with Crippen LogP contribution in [0.5, 0.6) is 0 Å². The molecule has 0 unspecified atom stereocenters. The van der Waals surface area contributed by atoms with Gasteiger partial charge in [-0.05, 0) is 24.3 Å². The van der Waals surface area contributed by atoms with Gasteiger partial charge in [0.15, 0.2) is 9.84 Å². The zero-order valence-corrected chi connectivity index (χ0v) is 15.0. The smallest absolute Gasteiger partial charge is 0.221 e. The Kier molecular flexibility index (Phi) is 6.91. The van der Waals surface area contributed by atoms with Crippen LogP contribution in [0.4, 0.5) is 5.69 Å². The molecule has 0 aliphatic carbocycles. The Bertz CT molecular complexity index is 798. The first-order valence-electron chi connectivity index (χ1n) is 7.04. The van der Waals surface area contributed by atoms with Gasteiger partial charge in [0.2, 0.25) is 11.8 Å². The van der Waals surface area contributed by atoms with Crippen molar-refractivity contribution in [1.82, 2.24) is 5.32 Å². The molecule has 2 N–H and O–H groups in total. The second-order valence-electron chi connectivity index (χ2n) is 5.25. The molecule has 0 fully saturated rings. The van der Waals surface area contributed by atoms with Gasteiger partial charge in [-0.25, -0.2) is 16.8 Å². The second kappa shape index (κ2) is 8.25. The summed E-state index contributed by atoms with van der Waals surface area (Å²) in [4.78, 5) is 22.5. The summed E-state index contributed by atoms with van der Waals surface area (Å²) in [5, 5.41) is 4.89. The van der Waals surface area contributed by atoms with E-state index in [2.05, 4.69) is 10.6 Å². The van der Waals surface area contributed by atoms with E-state index in [0.29, 0.717) is 5.69 Å². The maximum absolute atomic E-state index is 12.1. The minimum absolute atomic E-state index is 0.0422. The number of anilines is 1. The molecular formula is C14H20N2O6S2. The topological polar surface area (TPSA) is 126 Å². The number of hydrogen-bond acceptors (Lipinski definition) is 6. The van der Waals surface area contributed by atoms with Gasteiger partial charge in [-0.1, -0.05) is 0 Å². The first-order chi connectivity index (χ1) is 11.0. The van der Waals surface area contributed by atoms with E-state index in [9.17, 15) is 26.4 Å². The Morgan fingerprint density at radius 3 is 2.08 bits per heavy atom. The van der Waals surface area contributed by atoms with E-state index < -0.39 is 31.3 Å². The van der Waals surface area contributed by atoms with Gasteiger partial charge in [0.05, 0.1) is 16.4 Å². The third-order valence-corrected chi connectivity index (χ3v) is 5.60. The maximum Gasteiger partial charge on any atom is 0.221 e. The van der Waals surface area contributed by atoms with Crippen LogP contribution in [0.25, 0.3) is 0 Å². The number of hydrogen-bond donors (Lipinski definition) is 2. The molecule has 0 radical (unpaired) electrons. The predicted molar refractivity (Wildman–Crippen MR) is 90.1 cm³/mol. The lowest BCUT2D eigenvalue weighted by molar-refractivity contribution is -0.120. The van der Waals surface area contributed by atoms with Crippen molar-refractivity contribution in [3.05, 3.63) is 24.3 Å². The van der Waals surface area contributed by atoms with Crippen LogP contribution in [0.3, 0.4) is 0 Å². The second-order valence-corrected chi connectivity index (χ2v) is 9.62. The Balaban J connectivity index is 2.57. The van der Waals surface area contributed by atoms with Crippen molar-refractivity contribution in [3.8, 4) is 0 Å². The highest BCUT2D eigenvalue weighted by molar-refractivity contribution is 7.91. The van der Waals surface area contributed by atoms with E-state index in [1.165, 1.54) is 31.2 Å². The molecule has 1 rings (SSSR count). The van der Waals surface area contributed by atoms with Gasteiger partial charge in [-0.2, -0.15) is 0 Å². The van der Waals surface area contributed by atoms with Crippen molar-refractivity contribution in [1.29, 1.82) is 0 Å². The SMILES string of the molecule is CC(=O)Nc1ccc(S(=O)(=O)CCC(=O)NCCS(C)(=O)=O)cc1. The summed E-state index contributed by atoms with van der Waals surface area (Å²) in [5.74, 6) is -1.39. The molecule has 0 spiro atoms. The Morgan fingerprint density at radius 1 is 1.00 bits per heavy atom. The number of carbonyl (C=O) groups excluding carboxylic acids is 2. The van der Waals surface area contributed by atoms with Crippen LogP contribution in [0.1, 0.15) is 13.3 Å². The quantitative estimate of drug-likeness (QED) is 0.656. The third kappa shape index (κ3) is 7.55. The molecule has 1 aromatic carbocycles. The van der Waals surface area contributed by atoms with E-state index in [1.807, 2.05) is 0 Å². The van der Waals surface area contributed by atoms with Crippen LogP contribution >= 0.6 is 0 Å². The fourth-order valence-electron chi connectivity index (χ4n) is 1.76. The number of nitrogens with one attached hydrogen (secondary N) is 2. The molecule has 8 nitrogen and oxygen atoms in total. The molecule has 0 atom stereocenters. The number of benzene rings is 1. The normalized spacial score (nSPS) is 11.8. The highest BCUT2D eigenvalue weighted by Crippen LogP contribution is 2.16. The van der Waals surface area contributed by atoms with Crippen LogP contribution < -0.4 is 10.6 Å². The Hall–Kier alpha value is -1.94. The fraction of sp³-hybridized carbons (Fsp3) is 0.429. The Labute approximate surface area is 141 Å². The minimum atomic E-state index is -3.65. The van der Waals surface area contributed by atoms with Crippen LogP contribution in [-0.2, 0) is 29.3 Å². The molecule has 134 valence electrons. The van der Waals surface area contributed by atoms with Crippen molar-refractivity contribution in [3.63, 3.8) is 0 Å². The molecule has 10 heteroatoms. The summed E-state index contributed by atoms with van der Waals surface area (Å²) >= 11 is 0. The summed E-state index contributed by atoms with van der Waals surface area (Å²) in [6.45, 7) is 1.29. The third-order valence-electron chi connectivity index (χ3n) is 2.93. The van der Waals surface area contributed by atoms with Crippen LogP contribution in [-0.4, -0.2) is 53.0 Å². The lowest BCUT2D eigenvalue weighted by Crippen LogP contribution is -2.30. The highest BCUT2D eigenvalue weighted by Gasteiger charge is 2.16. The van der Waals surface area contributed by atoms with Gasteiger partial charge in [0.25, 0.3) is 0 Å². The van der Waals surface area contributed by atoms with Gasteiger partial charge in [0.1, 0.15) is 9.84 Å². The lowest BCUT2D eigenvalue weighted by atomic mass is 10.3. The van der Waals surface area contributed by atoms with E-state index in [0.717, 1.165) is 6.26 Å². The van der Waals surface area contributed by atoms with Crippen molar-refractivity contribution in [2.45, 2.75) is 18.2 Å². The van der Waals surface area contributed by atoms with E-state index >= 15 is 0 Å². The highest BCUT2D eigenvalue weighted by atomic mass is 32.2. The van der Waals surface area contributed by atoms with Crippen molar-refractivity contribution in [2.75, 3.05) is 29.6 Å². The first-order valence-corrected chi connectivity index (χ1v) is 10.8. The zero-order chi connectivity index (χ0) is 18.4. The summed E-state index contributed by atoms with van der Waals surface area (Å²) in [7, 11) is -6.83. The van der Waals surface area contributed by atoms with Gasteiger partial charge in [-0.15, -0.1) is 0 Å². The number of sulfone groups is 2. The van der Waals surface area contributed by atoms with E-state index in [-0.39, 0.29) is 29.5 Å². The van der Waals surface area contributed by atoms with Crippen molar-refractivity contribution < 1.29 is 26.4 Å². The van der Waals surface area contributed by atoms with Crippen molar-refractivity contribution in [2.24, 2.45) is 0 Å². The number of rotatable bonds is 8. The van der Waals surface area contributed by atoms with Crippen LogP contribution in [0, 0.1) is 0 Å². The molecule has 0 heterocycles. The van der Waals surface area contributed by atoms with E-state index in [1.54, 1.807) is 0 Å². The van der Waals surface area contributed by atoms with E-state index in [4.69, 9.17) is 0 Å². The van der Waals surface area contributed by atoms with Gasteiger partial charge >= 0.3 is 0 Å². The maximum atomic E-state index is 12.1. The standard InChI is InChI=1S/C14H20N2O6S2/c1-11(17)16-12-3-5-13(6-4-12)24(21,22)9-7-14(18)15-8-10-23(2,19)20/h3-6H,7-10H2,1-2H3,(H,15,18)(H,16,17). The summed E-state index contributed by atoms with van der Waals surface area (Å²) in [6.07, 6.45) is 0.785. The molecule has 1 aromatic rings. The number of carbonyl (C=O) groups is 2. The molecule has 2 amide bonds. The molecule has 0 bridgehead atoms. The first kappa shape index (κ1) is 20.1. The average molecular weight is 376 g/mol. The predicted octanol–water partition coefficient (Wildman–Crippen LogP) is -0.0304. The minimum Gasteiger partial charge on any atom is -0.355 e. The number of amides is 2. The molecule has 24 heavy (non-hydrogen) atoms. The zero-order valence-electron chi connectivity index (χ0n) is 13.4. The summed E-state index contributed by atoms with van der Waals surface area (Å²) in [6, 6.07) is 5.62. The van der Waals surface area contributed by atoms with Gasteiger partial charge < -0.3 is 10.6 Å². The monoisotopic (exact) mass is 376 g/mol. The summed E-state index contributed by atoms with van der Waals surface area (Å²) < 4.78 is 46.2.